The summed E-state index contributed by atoms with van der Waals surface area (Å²) in [5.74, 6) is -0.0277. The summed E-state index contributed by atoms with van der Waals surface area (Å²) in [5.41, 5.74) is 1.77. The fourth-order valence-electron chi connectivity index (χ4n) is 5.32. The zero-order chi connectivity index (χ0) is 27.4. The molecule has 1 atom stereocenters. The number of nitrogens with one attached hydrogen (secondary N) is 1. The largest absolute Gasteiger partial charge is 0.497 e. The molecule has 3 heterocycles. The SMILES string of the molecule is COc1cccc(C(=O)N2CCC3(CC2)OC[C@@H](C(=O)NCc2cccnc2)N3C(=O)c2ccccc2C)c1. The Labute approximate surface area is 227 Å². The number of benzene rings is 2. The number of amides is 3. The van der Waals surface area contributed by atoms with E-state index in [1.165, 1.54) is 0 Å². The molecule has 0 bridgehead atoms. The second kappa shape index (κ2) is 11.2. The molecule has 1 N–H and O–H groups in total. The van der Waals surface area contributed by atoms with Crippen LogP contribution in [0.5, 0.6) is 5.75 Å². The van der Waals surface area contributed by atoms with Gasteiger partial charge in [-0.05, 0) is 48.4 Å². The van der Waals surface area contributed by atoms with Gasteiger partial charge in [0.2, 0.25) is 5.91 Å². The molecular formula is C30H32N4O5. The molecule has 9 heteroatoms. The van der Waals surface area contributed by atoms with Gasteiger partial charge in [-0.15, -0.1) is 0 Å². The van der Waals surface area contributed by atoms with Crippen LogP contribution in [-0.4, -0.2) is 71.1 Å². The van der Waals surface area contributed by atoms with Crippen LogP contribution < -0.4 is 10.1 Å². The van der Waals surface area contributed by atoms with Crippen LogP contribution in [-0.2, 0) is 16.1 Å². The second-order valence-electron chi connectivity index (χ2n) is 9.87. The standard InChI is InChI=1S/C30H32N4O5/c1-21-7-3-4-11-25(21)29(37)34-26(27(35)32-19-22-8-6-14-31-18-22)20-39-30(34)12-15-33(16-13-30)28(36)23-9-5-10-24(17-23)38-2/h3-11,14,17-18,26H,12-13,15-16,19-20H2,1-2H3,(H,32,35)/t26-/m0/s1. The lowest BCUT2D eigenvalue weighted by Crippen LogP contribution is -2.59. The van der Waals surface area contributed by atoms with E-state index in [-0.39, 0.29) is 24.3 Å². The van der Waals surface area contributed by atoms with Crippen molar-refractivity contribution in [3.8, 4) is 5.75 Å². The van der Waals surface area contributed by atoms with Crippen LogP contribution in [0.25, 0.3) is 0 Å². The molecule has 0 aliphatic carbocycles. The molecule has 2 fully saturated rings. The zero-order valence-electron chi connectivity index (χ0n) is 22.1. The fraction of sp³-hybridized carbons (Fsp3) is 0.333. The molecule has 1 spiro atoms. The van der Waals surface area contributed by atoms with E-state index in [9.17, 15) is 14.4 Å². The van der Waals surface area contributed by atoms with Gasteiger partial charge in [0, 0.05) is 56.0 Å². The first-order chi connectivity index (χ1) is 18.9. The number of ether oxygens (including phenoxy) is 2. The Kier molecular flexibility index (Phi) is 7.60. The lowest BCUT2D eigenvalue weighted by atomic mass is 9.95. The highest BCUT2D eigenvalue weighted by Crippen LogP contribution is 2.39. The number of carbonyl (C=O) groups excluding carboxylic acids is 3. The molecular weight excluding hydrogens is 496 g/mol. The van der Waals surface area contributed by atoms with Crippen molar-refractivity contribution in [3.05, 3.63) is 95.3 Å². The molecule has 2 aromatic carbocycles. The number of aromatic nitrogens is 1. The Morgan fingerprint density at radius 3 is 2.56 bits per heavy atom. The van der Waals surface area contributed by atoms with Gasteiger partial charge in [0.15, 0.2) is 0 Å². The predicted molar refractivity (Wildman–Crippen MR) is 144 cm³/mol. The highest BCUT2D eigenvalue weighted by Gasteiger charge is 2.54. The topological polar surface area (TPSA) is 101 Å². The molecule has 0 unspecified atom stereocenters. The van der Waals surface area contributed by atoms with Crippen molar-refractivity contribution < 1.29 is 23.9 Å². The Morgan fingerprint density at radius 1 is 1.05 bits per heavy atom. The van der Waals surface area contributed by atoms with Gasteiger partial charge in [0.25, 0.3) is 11.8 Å². The zero-order valence-corrected chi connectivity index (χ0v) is 22.1. The second-order valence-corrected chi connectivity index (χ2v) is 9.87. The molecule has 202 valence electrons. The summed E-state index contributed by atoms with van der Waals surface area (Å²) in [4.78, 5) is 48.1. The molecule has 3 amide bonds. The van der Waals surface area contributed by atoms with E-state index in [4.69, 9.17) is 9.47 Å². The van der Waals surface area contributed by atoms with Crippen molar-refractivity contribution in [2.24, 2.45) is 0 Å². The Hall–Kier alpha value is -4.24. The summed E-state index contributed by atoms with van der Waals surface area (Å²) in [6.07, 6.45) is 4.16. The first kappa shape index (κ1) is 26.4. The van der Waals surface area contributed by atoms with Gasteiger partial charge < -0.3 is 19.7 Å². The van der Waals surface area contributed by atoms with Crippen molar-refractivity contribution in [1.82, 2.24) is 20.1 Å². The number of piperidine rings is 1. The summed E-state index contributed by atoms with van der Waals surface area (Å²) < 4.78 is 11.6. The minimum atomic E-state index is -0.985. The van der Waals surface area contributed by atoms with Gasteiger partial charge in [-0.25, -0.2) is 0 Å². The van der Waals surface area contributed by atoms with Crippen LogP contribution in [0.4, 0.5) is 0 Å². The molecule has 2 aliphatic rings. The minimum absolute atomic E-state index is 0.0837. The monoisotopic (exact) mass is 528 g/mol. The predicted octanol–water partition coefficient (Wildman–Crippen LogP) is 3.19. The van der Waals surface area contributed by atoms with E-state index in [0.717, 1.165) is 11.1 Å². The maximum absolute atomic E-state index is 14.0. The third kappa shape index (κ3) is 5.35. The molecule has 3 aromatic rings. The summed E-state index contributed by atoms with van der Waals surface area (Å²) in [6, 6.07) is 17.3. The van der Waals surface area contributed by atoms with Crippen LogP contribution >= 0.6 is 0 Å². The van der Waals surface area contributed by atoms with Crippen molar-refractivity contribution in [3.63, 3.8) is 0 Å². The summed E-state index contributed by atoms with van der Waals surface area (Å²) in [6.45, 7) is 3.03. The number of carbonyl (C=O) groups is 3. The smallest absolute Gasteiger partial charge is 0.257 e. The molecule has 0 radical (unpaired) electrons. The van der Waals surface area contributed by atoms with Crippen molar-refractivity contribution >= 4 is 17.7 Å². The lowest BCUT2D eigenvalue weighted by Gasteiger charge is -2.44. The van der Waals surface area contributed by atoms with Crippen LogP contribution in [0.2, 0.25) is 0 Å². The summed E-state index contributed by atoms with van der Waals surface area (Å²) in [5, 5.41) is 2.94. The average molecular weight is 529 g/mol. The number of nitrogens with zero attached hydrogens (tertiary/aromatic N) is 3. The van der Waals surface area contributed by atoms with E-state index in [1.807, 2.05) is 37.3 Å². The number of hydrogen-bond acceptors (Lipinski definition) is 6. The number of methoxy groups -OCH3 is 1. The number of hydrogen-bond donors (Lipinski definition) is 1. The van der Waals surface area contributed by atoms with E-state index in [0.29, 0.717) is 49.4 Å². The molecule has 1 aromatic heterocycles. The quantitative estimate of drug-likeness (QED) is 0.528. The van der Waals surface area contributed by atoms with Gasteiger partial charge in [-0.3, -0.25) is 24.3 Å². The van der Waals surface area contributed by atoms with Gasteiger partial charge in [-0.2, -0.15) is 0 Å². The summed E-state index contributed by atoms with van der Waals surface area (Å²) in [7, 11) is 1.56. The molecule has 0 saturated carbocycles. The molecule has 2 saturated heterocycles. The van der Waals surface area contributed by atoms with Crippen molar-refractivity contribution in [1.29, 1.82) is 0 Å². The van der Waals surface area contributed by atoms with E-state index >= 15 is 0 Å². The Bertz CT molecular complexity index is 1350. The van der Waals surface area contributed by atoms with Gasteiger partial charge in [0.05, 0.1) is 13.7 Å². The third-order valence-corrected chi connectivity index (χ3v) is 7.50. The highest BCUT2D eigenvalue weighted by molar-refractivity contribution is 5.99. The van der Waals surface area contributed by atoms with Gasteiger partial charge >= 0.3 is 0 Å². The van der Waals surface area contributed by atoms with E-state index in [2.05, 4.69) is 10.3 Å². The third-order valence-electron chi connectivity index (χ3n) is 7.50. The molecule has 2 aliphatic heterocycles. The lowest BCUT2D eigenvalue weighted by molar-refractivity contribution is -0.128. The van der Waals surface area contributed by atoms with Crippen LogP contribution in [0, 0.1) is 6.92 Å². The Balaban J connectivity index is 1.37. The highest BCUT2D eigenvalue weighted by atomic mass is 16.5. The van der Waals surface area contributed by atoms with E-state index in [1.54, 1.807) is 59.6 Å². The average Bonchev–Trinajstić information content (AvgIpc) is 3.34. The molecule has 5 rings (SSSR count). The van der Waals surface area contributed by atoms with Gasteiger partial charge in [0.1, 0.15) is 17.5 Å². The maximum atomic E-state index is 14.0. The van der Waals surface area contributed by atoms with Crippen LogP contribution in [0.1, 0.15) is 44.7 Å². The van der Waals surface area contributed by atoms with Gasteiger partial charge in [-0.1, -0.05) is 30.3 Å². The van der Waals surface area contributed by atoms with Crippen molar-refractivity contribution in [2.45, 2.75) is 38.1 Å². The number of pyridine rings is 1. The van der Waals surface area contributed by atoms with E-state index < -0.39 is 11.8 Å². The maximum Gasteiger partial charge on any atom is 0.257 e. The van der Waals surface area contributed by atoms with Crippen LogP contribution in [0.3, 0.4) is 0 Å². The first-order valence-electron chi connectivity index (χ1n) is 13.0. The number of aryl methyl sites for hydroxylation is 1. The Morgan fingerprint density at radius 2 is 1.85 bits per heavy atom. The number of rotatable bonds is 6. The van der Waals surface area contributed by atoms with Crippen LogP contribution in [0.15, 0.2) is 73.1 Å². The summed E-state index contributed by atoms with van der Waals surface area (Å²) >= 11 is 0. The number of likely N-dealkylation sites (tertiary alicyclic amines) is 1. The normalized spacial score (nSPS) is 18.2. The molecule has 39 heavy (non-hydrogen) atoms. The van der Waals surface area contributed by atoms with Crippen molar-refractivity contribution in [2.75, 3.05) is 26.8 Å². The first-order valence-corrected chi connectivity index (χ1v) is 13.0. The fourth-order valence-corrected chi connectivity index (χ4v) is 5.32. The minimum Gasteiger partial charge on any atom is -0.497 e. The molecule has 9 nitrogen and oxygen atoms in total.